The number of hydrogen-bond acceptors (Lipinski definition) is 3. The molecule has 1 heterocycles. The number of aliphatic hydroxyl groups is 1. The molecular formula is C10H12BrNO2. The smallest absolute Gasteiger partial charge is 0.0958 e. The van der Waals surface area contributed by atoms with Gasteiger partial charge in [0.15, 0.2) is 0 Å². The van der Waals surface area contributed by atoms with Crippen LogP contribution in [0.5, 0.6) is 0 Å². The zero-order valence-electron chi connectivity index (χ0n) is 7.69. The maximum atomic E-state index is 9.25. The van der Waals surface area contributed by atoms with Crippen LogP contribution in [0.1, 0.15) is 5.56 Å². The molecule has 1 unspecified atom stereocenters. The van der Waals surface area contributed by atoms with Crippen LogP contribution >= 0.6 is 15.9 Å². The number of nitrogens with zero attached hydrogens (tertiary/aromatic N) is 1. The lowest BCUT2D eigenvalue weighted by Crippen LogP contribution is -2.20. The second-order valence-electron chi connectivity index (χ2n) is 3.40. The Bertz CT molecular complexity index is 301. The molecule has 0 aliphatic carbocycles. The predicted octanol–water partition coefficient (Wildman–Crippen LogP) is 1.56. The van der Waals surface area contributed by atoms with Crippen LogP contribution in [0.4, 0.5) is 0 Å². The molecule has 1 N–H and O–H groups in total. The summed E-state index contributed by atoms with van der Waals surface area (Å²) in [5, 5.41) is 11.0. The Balaban J connectivity index is 1.94. The van der Waals surface area contributed by atoms with E-state index in [0.29, 0.717) is 13.2 Å². The lowest BCUT2D eigenvalue weighted by atomic mass is 10.2. The Labute approximate surface area is 91.4 Å². The zero-order valence-corrected chi connectivity index (χ0v) is 9.27. The Kier molecular flexibility index (Phi) is 3.18. The molecule has 2 rings (SSSR count). The number of aliphatic hydroxyl groups excluding tert-OH is 1. The molecule has 0 radical (unpaired) electrons. The van der Waals surface area contributed by atoms with Gasteiger partial charge in [-0.15, -0.1) is 0 Å². The van der Waals surface area contributed by atoms with E-state index in [-0.39, 0.29) is 6.10 Å². The molecule has 0 saturated carbocycles. The third kappa shape index (κ3) is 2.54. The van der Waals surface area contributed by atoms with E-state index >= 15 is 0 Å². The number of halogens is 1. The van der Waals surface area contributed by atoms with Crippen molar-refractivity contribution in [1.82, 2.24) is 5.06 Å². The Morgan fingerprint density at radius 2 is 2.14 bits per heavy atom. The van der Waals surface area contributed by atoms with Crippen molar-refractivity contribution in [2.45, 2.75) is 12.6 Å². The van der Waals surface area contributed by atoms with Gasteiger partial charge in [0, 0.05) is 11.0 Å². The molecule has 0 aromatic heterocycles. The molecule has 0 bridgehead atoms. The van der Waals surface area contributed by atoms with Crippen molar-refractivity contribution in [3.63, 3.8) is 0 Å². The van der Waals surface area contributed by atoms with Gasteiger partial charge in [-0.05, 0) is 17.7 Å². The van der Waals surface area contributed by atoms with E-state index in [9.17, 15) is 5.11 Å². The van der Waals surface area contributed by atoms with Crippen molar-refractivity contribution in [2.24, 2.45) is 0 Å². The molecule has 1 aliphatic heterocycles. The molecule has 4 heteroatoms. The largest absolute Gasteiger partial charge is 0.389 e. The number of β-amino-alcohol motifs (C(OH)–C–C–N with tert-alkyl or cyclic N) is 1. The highest BCUT2D eigenvalue weighted by Crippen LogP contribution is 2.14. The van der Waals surface area contributed by atoms with Crippen molar-refractivity contribution in [3.05, 3.63) is 34.3 Å². The van der Waals surface area contributed by atoms with Gasteiger partial charge >= 0.3 is 0 Å². The van der Waals surface area contributed by atoms with Crippen LogP contribution in [0.2, 0.25) is 0 Å². The molecule has 76 valence electrons. The van der Waals surface area contributed by atoms with Crippen LogP contribution in [-0.4, -0.2) is 29.4 Å². The monoisotopic (exact) mass is 257 g/mol. The molecule has 1 aromatic carbocycles. The van der Waals surface area contributed by atoms with Crippen LogP contribution in [0, 0.1) is 0 Å². The normalized spacial score (nSPS) is 22.9. The highest BCUT2D eigenvalue weighted by atomic mass is 79.9. The van der Waals surface area contributed by atoms with Gasteiger partial charge in [0.1, 0.15) is 0 Å². The maximum absolute atomic E-state index is 9.25. The first-order chi connectivity index (χ1) is 6.74. The first kappa shape index (κ1) is 10.1. The Hall–Kier alpha value is -0.420. The Morgan fingerprint density at radius 3 is 2.71 bits per heavy atom. The van der Waals surface area contributed by atoms with Crippen LogP contribution in [0.3, 0.4) is 0 Å². The fourth-order valence-electron chi connectivity index (χ4n) is 1.44. The van der Waals surface area contributed by atoms with Gasteiger partial charge in [-0.25, -0.2) is 0 Å². The summed E-state index contributed by atoms with van der Waals surface area (Å²) in [6.07, 6.45) is -0.342. The van der Waals surface area contributed by atoms with E-state index in [0.717, 1.165) is 11.0 Å². The fourth-order valence-corrected chi connectivity index (χ4v) is 1.70. The summed E-state index contributed by atoms with van der Waals surface area (Å²) in [5.74, 6) is 0. The van der Waals surface area contributed by atoms with Gasteiger partial charge in [0.05, 0.1) is 19.3 Å². The third-order valence-electron chi connectivity index (χ3n) is 2.14. The molecule has 1 aromatic rings. The van der Waals surface area contributed by atoms with E-state index in [4.69, 9.17) is 4.84 Å². The molecule has 3 nitrogen and oxygen atoms in total. The van der Waals surface area contributed by atoms with Crippen molar-refractivity contribution in [2.75, 3.05) is 13.2 Å². The highest BCUT2D eigenvalue weighted by Gasteiger charge is 2.20. The zero-order chi connectivity index (χ0) is 9.97. The lowest BCUT2D eigenvalue weighted by Gasteiger charge is -2.13. The SMILES string of the molecule is OC1CON(Cc2ccc(Br)cc2)C1. The molecular weight excluding hydrogens is 246 g/mol. The van der Waals surface area contributed by atoms with Crippen molar-refractivity contribution in [1.29, 1.82) is 0 Å². The number of hydrogen-bond donors (Lipinski definition) is 1. The standard InChI is InChI=1S/C10H12BrNO2/c11-9-3-1-8(2-4-9)5-12-6-10(13)7-14-12/h1-4,10,13H,5-7H2. The van der Waals surface area contributed by atoms with E-state index in [1.165, 1.54) is 5.56 Å². The second kappa shape index (κ2) is 4.40. The quantitative estimate of drug-likeness (QED) is 0.873. The van der Waals surface area contributed by atoms with Gasteiger partial charge in [0.2, 0.25) is 0 Å². The molecule has 14 heavy (non-hydrogen) atoms. The van der Waals surface area contributed by atoms with Crippen LogP contribution in [-0.2, 0) is 11.4 Å². The lowest BCUT2D eigenvalue weighted by molar-refractivity contribution is -0.117. The summed E-state index contributed by atoms with van der Waals surface area (Å²) >= 11 is 3.38. The van der Waals surface area contributed by atoms with Crippen molar-refractivity contribution < 1.29 is 9.94 Å². The number of benzene rings is 1. The summed E-state index contributed by atoms with van der Waals surface area (Å²) in [5.41, 5.74) is 1.18. The summed E-state index contributed by atoms with van der Waals surface area (Å²) < 4.78 is 1.07. The van der Waals surface area contributed by atoms with E-state index < -0.39 is 0 Å². The van der Waals surface area contributed by atoms with Crippen molar-refractivity contribution >= 4 is 15.9 Å². The first-order valence-corrected chi connectivity index (χ1v) is 5.34. The van der Waals surface area contributed by atoms with Crippen molar-refractivity contribution in [3.8, 4) is 0 Å². The molecule has 1 fully saturated rings. The molecule has 1 aliphatic rings. The van der Waals surface area contributed by atoms with E-state index in [1.54, 1.807) is 5.06 Å². The van der Waals surface area contributed by atoms with Gasteiger partial charge in [-0.2, -0.15) is 5.06 Å². The molecule has 1 atom stereocenters. The summed E-state index contributed by atoms with van der Waals surface area (Å²) in [6.45, 7) is 1.73. The van der Waals surface area contributed by atoms with E-state index in [1.807, 2.05) is 24.3 Å². The third-order valence-corrected chi connectivity index (χ3v) is 2.66. The summed E-state index contributed by atoms with van der Waals surface area (Å²) in [4.78, 5) is 5.27. The second-order valence-corrected chi connectivity index (χ2v) is 4.31. The van der Waals surface area contributed by atoms with Gasteiger partial charge in [-0.3, -0.25) is 4.84 Å². The predicted molar refractivity (Wildman–Crippen MR) is 56.5 cm³/mol. The summed E-state index contributed by atoms with van der Waals surface area (Å²) in [7, 11) is 0. The topological polar surface area (TPSA) is 32.7 Å². The molecule has 0 spiro atoms. The van der Waals surface area contributed by atoms with Gasteiger partial charge in [-0.1, -0.05) is 28.1 Å². The van der Waals surface area contributed by atoms with Gasteiger partial charge < -0.3 is 5.11 Å². The first-order valence-electron chi connectivity index (χ1n) is 4.54. The number of rotatable bonds is 2. The minimum absolute atomic E-state index is 0.342. The average molecular weight is 258 g/mol. The maximum Gasteiger partial charge on any atom is 0.0958 e. The minimum atomic E-state index is -0.342. The van der Waals surface area contributed by atoms with E-state index in [2.05, 4.69) is 15.9 Å². The van der Waals surface area contributed by atoms with Crippen LogP contribution in [0.25, 0.3) is 0 Å². The molecule has 0 amide bonds. The summed E-state index contributed by atoms with van der Waals surface area (Å²) in [6, 6.07) is 8.08. The minimum Gasteiger partial charge on any atom is -0.389 e. The van der Waals surface area contributed by atoms with Gasteiger partial charge in [0.25, 0.3) is 0 Å². The Morgan fingerprint density at radius 1 is 1.43 bits per heavy atom. The fraction of sp³-hybridized carbons (Fsp3) is 0.400. The number of hydroxylamine groups is 2. The molecule has 1 saturated heterocycles. The average Bonchev–Trinajstić information content (AvgIpc) is 2.56. The highest BCUT2D eigenvalue weighted by molar-refractivity contribution is 9.10. The van der Waals surface area contributed by atoms with Crippen LogP contribution < -0.4 is 0 Å². The van der Waals surface area contributed by atoms with Crippen LogP contribution in [0.15, 0.2) is 28.7 Å².